The van der Waals surface area contributed by atoms with Gasteiger partial charge in [-0.2, -0.15) is 23.4 Å². The van der Waals surface area contributed by atoms with E-state index in [0.29, 0.717) is 28.3 Å². The molecule has 0 fully saturated rings. The van der Waals surface area contributed by atoms with Crippen molar-refractivity contribution in [3.63, 3.8) is 0 Å². The van der Waals surface area contributed by atoms with Crippen LogP contribution in [0.2, 0.25) is 0 Å². The first-order valence-corrected chi connectivity index (χ1v) is 8.90. The minimum absolute atomic E-state index is 0.0562. The summed E-state index contributed by atoms with van der Waals surface area (Å²) in [6, 6.07) is 0.0562. The predicted octanol–water partition coefficient (Wildman–Crippen LogP) is 1.69. The van der Waals surface area contributed by atoms with Gasteiger partial charge in [0, 0.05) is 24.2 Å². The average Bonchev–Trinajstić information content (AvgIpc) is 3.30. The molecule has 30 heavy (non-hydrogen) atoms. The molecule has 4 heterocycles. The summed E-state index contributed by atoms with van der Waals surface area (Å²) in [5.74, 6) is 0. The van der Waals surface area contributed by atoms with Crippen LogP contribution < -0.4 is 5.73 Å². The molecule has 1 atom stereocenters. The summed E-state index contributed by atoms with van der Waals surface area (Å²) in [4.78, 5) is 8.66. The third-order valence-corrected chi connectivity index (χ3v) is 4.28. The smallest absolute Gasteiger partial charge is 0.403 e. The molecule has 156 valence electrons. The molecule has 1 unspecified atom stereocenters. The van der Waals surface area contributed by atoms with Crippen LogP contribution in [0.3, 0.4) is 0 Å². The first kappa shape index (κ1) is 19.5. The maximum absolute atomic E-state index is 12.6. The van der Waals surface area contributed by atoms with E-state index in [0.717, 1.165) is 4.68 Å². The summed E-state index contributed by atoms with van der Waals surface area (Å²) in [5, 5.41) is 18.0. The summed E-state index contributed by atoms with van der Waals surface area (Å²) in [6.45, 7) is 1.07. The van der Waals surface area contributed by atoms with Crippen molar-refractivity contribution >= 4 is 17.0 Å². The van der Waals surface area contributed by atoms with Crippen molar-refractivity contribution in [2.45, 2.75) is 32.2 Å². The van der Waals surface area contributed by atoms with Gasteiger partial charge >= 0.3 is 6.18 Å². The van der Waals surface area contributed by atoms with Crippen LogP contribution in [0.15, 0.2) is 48.2 Å². The maximum atomic E-state index is 12.6. The summed E-state index contributed by atoms with van der Waals surface area (Å²) in [7, 11) is 0. The van der Waals surface area contributed by atoms with Crippen molar-refractivity contribution in [1.82, 2.24) is 39.8 Å². The van der Waals surface area contributed by atoms with Gasteiger partial charge in [0.15, 0.2) is 5.65 Å². The fraction of sp³-hybridized carbons (Fsp3) is 0.294. The normalized spacial score (nSPS) is 17.3. The van der Waals surface area contributed by atoms with Crippen LogP contribution in [-0.4, -0.2) is 57.7 Å². The first-order valence-electron chi connectivity index (χ1n) is 8.90. The molecule has 4 rings (SSSR count). The van der Waals surface area contributed by atoms with Gasteiger partial charge in [-0.15, -0.1) is 5.10 Å². The topological polar surface area (TPSA) is 116 Å². The quantitative estimate of drug-likeness (QED) is 0.670. The standard InChI is InChI=1S/C17H17F3N10/c1-11-2-3-13(26-29(11)5-4-21)9-30-16-15(25-27-30)22-7-14(24-16)12-6-23-28(8-12)10-17(18,19)20/h2-8,11H,9-10,21H2,1H3/b5-4-. The molecule has 1 aliphatic rings. The Morgan fingerprint density at radius 3 is 2.87 bits per heavy atom. The zero-order valence-electron chi connectivity index (χ0n) is 15.8. The summed E-state index contributed by atoms with van der Waals surface area (Å²) >= 11 is 0. The van der Waals surface area contributed by atoms with Gasteiger partial charge in [-0.3, -0.25) is 9.69 Å². The van der Waals surface area contributed by atoms with Crippen LogP contribution in [0.25, 0.3) is 22.6 Å². The van der Waals surface area contributed by atoms with Gasteiger partial charge in [-0.25, -0.2) is 14.6 Å². The lowest BCUT2D eigenvalue weighted by atomic mass is 10.2. The number of hydrazone groups is 1. The SMILES string of the molecule is CC1C=CC(Cn2nnc3ncc(-c4cnn(CC(F)(F)F)c4)nc32)=NN1/C=C\N. The summed E-state index contributed by atoms with van der Waals surface area (Å²) in [6.07, 6.45) is 6.53. The van der Waals surface area contributed by atoms with Crippen LogP contribution in [0, 0.1) is 0 Å². The van der Waals surface area contributed by atoms with E-state index in [4.69, 9.17) is 5.73 Å². The number of allylic oxidation sites excluding steroid dienone is 1. The van der Waals surface area contributed by atoms with E-state index < -0.39 is 12.7 Å². The lowest BCUT2D eigenvalue weighted by Crippen LogP contribution is -2.28. The fourth-order valence-electron chi connectivity index (χ4n) is 2.87. The Hall–Kier alpha value is -3.77. The van der Waals surface area contributed by atoms with Crippen molar-refractivity contribution in [1.29, 1.82) is 0 Å². The average molecular weight is 418 g/mol. The van der Waals surface area contributed by atoms with Crippen molar-refractivity contribution < 1.29 is 13.2 Å². The predicted molar refractivity (Wildman–Crippen MR) is 102 cm³/mol. The third-order valence-electron chi connectivity index (χ3n) is 4.28. The summed E-state index contributed by atoms with van der Waals surface area (Å²) < 4.78 is 40.0. The van der Waals surface area contributed by atoms with Gasteiger partial charge in [0.25, 0.3) is 0 Å². The van der Waals surface area contributed by atoms with Crippen LogP contribution in [0.1, 0.15) is 6.92 Å². The Balaban J connectivity index is 1.61. The van der Waals surface area contributed by atoms with Crippen molar-refractivity contribution in [2.24, 2.45) is 10.8 Å². The van der Waals surface area contributed by atoms with Gasteiger partial charge in [0.2, 0.25) is 5.65 Å². The van der Waals surface area contributed by atoms with E-state index in [9.17, 15) is 13.2 Å². The molecule has 3 aromatic rings. The number of alkyl halides is 3. The van der Waals surface area contributed by atoms with Gasteiger partial charge < -0.3 is 5.73 Å². The molecular formula is C17H17F3N10. The van der Waals surface area contributed by atoms with E-state index in [2.05, 4.69) is 30.5 Å². The Morgan fingerprint density at radius 2 is 2.10 bits per heavy atom. The highest BCUT2D eigenvalue weighted by Gasteiger charge is 2.28. The lowest BCUT2D eigenvalue weighted by molar-refractivity contribution is -0.142. The van der Waals surface area contributed by atoms with Crippen molar-refractivity contribution in [3.8, 4) is 11.3 Å². The Morgan fingerprint density at radius 1 is 1.27 bits per heavy atom. The number of aromatic nitrogens is 7. The maximum Gasteiger partial charge on any atom is 0.408 e. The molecule has 10 nitrogen and oxygen atoms in total. The number of fused-ring (bicyclic) bond motifs is 1. The van der Waals surface area contributed by atoms with Crippen LogP contribution in [-0.2, 0) is 13.1 Å². The van der Waals surface area contributed by atoms with Gasteiger partial charge in [-0.05, 0) is 13.0 Å². The fourth-order valence-corrected chi connectivity index (χ4v) is 2.87. The molecule has 0 aromatic carbocycles. The monoisotopic (exact) mass is 418 g/mol. The van der Waals surface area contributed by atoms with Gasteiger partial charge in [0.05, 0.1) is 36.4 Å². The van der Waals surface area contributed by atoms with E-state index in [1.54, 1.807) is 11.2 Å². The second-order valence-electron chi connectivity index (χ2n) is 6.60. The largest absolute Gasteiger partial charge is 0.408 e. The molecule has 13 heteroatoms. The van der Waals surface area contributed by atoms with E-state index >= 15 is 0 Å². The molecule has 0 radical (unpaired) electrons. The minimum Gasteiger partial charge on any atom is -0.403 e. The Bertz CT molecular complexity index is 1140. The van der Waals surface area contributed by atoms with E-state index in [1.807, 2.05) is 19.1 Å². The Labute approximate surface area is 168 Å². The molecule has 0 amide bonds. The number of hydrogen-bond donors (Lipinski definition) is 1. The first-order chi connectivity index (χ1) is 14.3. The lowest BCUT2D eigenvalue weighted by Gasteiger charge is -2.24. The van der Waals surface area contributed by atoms with Crippen LogP contribution in [0.4, 0.5) is 13.2 Å². The van der Waals surface area contributed by atoms with Crippen LogP contribution >= 0.6 is 0 Å². The number of rotatable bonds is 5. The second-order valence-corrected chi connectivity index (χ2v) is 6.60. The molecule has 0 bridgehead atoms. The molecule has 3 aromatic heterocycles. The second kappa shape index (κ2) is 7.57. The molecule has 0 spiro atoms. The zero-order valence-corrected chi connectivity index (χ0v) is 15.8. The zero-order chi connectivity index (χ0) is 21.3. The number of nitrogens with zero attached hydrogens (tertiary/aromatic N) is 9. The van der Waals surface area contributed by atoms with E-state index in [-0.39, 0.29) is 12.6 Å². The number of hydrogen-bond acceptors (Lipinski definition) is 8. The number of halogens is 3. The highest BCUT2D eigenvalue weighted by Crippen LogP contribution is 2.21. The van der Waals surface area contributed by atoms with Crippen LogP contribution in [0.5, 0.6) is 0 Å². The molecule has 0 saturated heterocycles. The summed E-state index contributed by atoms with van der Waals surface area (Å²) in [5.41, 5.74) is 7.62. The third kappa shape index (κ3) is 4.14. The van der Waals surface area contributed by atoms with Gasteiger partial charge in [-0.1, -0.05) is 11.3 Å². The molecular weight excluding hydrogens is 401 g/mol. The highest BCUT2D eigenvalue weighted by atomic mass is 19.4. The highest BCUT2D eigenvalue weighted by molar-refractivity contribution is 5.95. The van der Waals surface area contributed by atoms with Crippen molar-refractivity contribution in [3.05, 3.63) is 43.1 Å². The minimum atomic E-state index is -4.36. The molecule has 0 saturated carbocycles. The van der Waals surface area contributed by atoms with E-state index in [1.165, 1.54) is 29.5 Å². The molecule has 2 N–H and O–H groups in total. The number of nitrogens with two attached hydrogens (primary N) is 1. The molecule has 0 aliphatic carbocycles. The molecule has 1 aliphatic heterocycles. The van der Waals surface area contributed by atoms with Crippen molar-refractivity contribution in [2.75, 3.05) is 0 Å². The van der Waals surface area contributed by atoms with Gasteiger partial charge in [0.1, 0.15) is 6.54 Å². The Kier molecular flexibility index (Phi) is 4.93.